The van der Waals surface area contributed by atoms with E-state index in [1.54, 1.807) is 0 Å². The molecular formula is C9H17O2. The van der Waals surface area contributed by atoms with Crippen molar-refractivity contribution in [3.05, 3.63) is 6.92 Å². The van der Waals surface area contributed by atoms with E-state index in [1.807, 2.05) is 0 Å². The van der Waals surface area contributed by atoms with Crippen LogP contribution in [-0.2, 0) is 9.47 Å². The normalized spacial score (nSPS) is 23.7. The molecule has 0 spiro atoms. The molecule has 2 heteroatoms. The fraction of sp³-hybridized carbons (Fsp3) is 0.889. The molecule has 1 fully saturated rings. The molecule has 0 aromatic heterocycles. The van der Waals surface area contributed by atoms with Gasteiger partial charge < -0.3 is 9.47 Å². The molecule has 1 aliphatic heterocycles. The average molecular weight is 157 g/mol. The summed E-state index contributed by atoms with van der Waals surface area (Å²) in [5.74, 6) is 0. The second-order valence-electron chi connectivity index (χ2n) is 2.93. The van der Waals surface area contributed by atoms with Crippen LogP contribution in [0.2, 0.25) is 0 Å². The fourth-order valence-electron chi connectivity index (χ4n) is 1.06. The third kappa shape index (κ3) is 2.80. The fourth-order valence-corrected chi connectivity index (χ4v) is 1.06. The summed E-state index contributed by atoms with van der Waals surface area (Å²) in [4.78, 5) is 0. The monoisotopic (exact) mass is 157 g/mol. The topological polar surface area (TPSA) is 18.5 Å². The van der Waals surface area contributed by atoms with Gasteiger partial charge in [0.15, 0.2) is 0 Å². The maximum absolute atomic E-state index is 5.56. The van der Waals surface area contributed by atoms with Crippen LogP contribution in [0.5, 0.6) is 0 Å². The van der Waals surface area contributed by atoms with E-state index in [1.165, 1.54) is 0 Å². The minimum Gasteiger partial charge on any atom is -0.376 e. The van der Waals surface area contributed by atoms with Gasteiger partial charge in [0.25, 0.3) is 0 Å². The lowest BCUT2D eigenvalue weighted by molar-refractivity contribution is -0.108. The highest BCUT2D eigenvalue weighted by molar-refractivity contribution is 4.66. The van der Waals surface area contributed by atoms with E-state index >= 15 is 0 Å². The van der Waals surface area contributed by atoms with Gasteiger partial charge >= 0.3 is 0 Å². The highest BCUT2D eigenvalue weighted by Gasteiger charge is 2.19. The van der Waals surface area contributed by atoms with Gasteiger partial charge in [0.2, 0.25) is 0 Å². The molecule has 1 rings (SSSR count). The summed E-state index contributed by atoms with van der Waals surface area (Å²) in [5.41, 5.74) is 0. The van der Waals surface area contributed by atoms with Crippen LogP contribution in [0.15, 0.2) is 0 Å². The molecule has 2 atom stereocenters. The molecule has 0 amide bonds. The molecule has 2 nitrogen and oxygen atoms in total. The van der Waals surface area contributed by atoms with E-state index in [9.17, 15) is 0 Å². The van der Waals surface area contributed by atoms with Crippen molar-refractivity contribution in [3.63, 3.8) is 0 Å². The largest absolute Gasteiger partial charge is 0.376 e. The Hall–Kier alpha value is -0.0800. The van der Waals surface area contributed by atoms with Crippen molar-refractivity contribution in [2.75, 3.05) is 13.2 Å². The van der Waals surface area contributed by atoms with Crippen LogP contribution in [0.1, 0.15) is 26.2 Å². The van der Waals surface area contributed by atoms with Gasteiger partial charge in [-0.05, 0) is 19.3 Å². The molecule has 65 valence electrons. The SMILES string of the molecule is [CH2]CC(CC)OCC1CCO1. The van der Waals surface area contributed by atoms with Crippen molar-refractivity contribution >= 4 is 0 Å². The van der Waals surface area contributed by atoms with Crippen LogP contribution >= 0.6 is 0 Å². The van der Waals surface area contributed by atoms with Gasteiger partial charge in [-0.3, -0.25) is 0 Å². The van der Waals surface area contributed by atoms with Crippen molar-refractivity contribution in [1.29, 1.82) is 0 Å². The van der Waals surface area contributed by atoms with Crippen LogP contribution in [0.3, 0.4) is 0 Å². The van der Waals surface area contributed by atoms with Gasteiger partial charge in [-0.2, -0.15) is 0 Å². The van der Waals surface area contributed by atoms with Gasteiger partial charge in [-0.25, -0.2) is 0 Å². The Morgan fingerprint density at radius 2 is 2.45 bits per heavy atom. The standard InChI is InChI=1S/C9H17O2/c1-3-8(4-2)11-7-9-5-6-10-9/h8-9H,1,3-7H2,2H3. The maximum Gasteiger partial charge on any atom is 0.0830 e. The van der Waals surface area contributed by atoms with Gasteiger partial charge in [-0.15, -0.1) is 0 Å². The molecule has 0 aromatic rings. The lowest BCUT2D eigenvalue weighted by Gasteiger charge is -2.27. The quantitative estimate of drug-likeness (QED) is 0.605. The summed E-state index contributed by atoms with van der Waals surface area (Å²) in [6.07, 6.45) is 3.78. The third-order valence-corrected chi connectivity index (χ3v) is 2.09. The molecule has 0 bridgehead atoms. The zero-order valence-electron chi connectivity index (χ0n) is 7.21. The highest BCUT2D eigenvalue weighted by atomic mass is 16.5. The number of hydrogen-bond donors (Lipinski definition) is 0. The minimum absolute atomic E-state index is 0.333. The van der Waals surface area contributed by atoms with Gasteiger partial charge in [0.05, 0.1) is 18.8 Å². The summed E-state index contributed by atoms with van der Waals surface area (Å²) < 4.78 is 10.8. The summed E-state index contributed by atoms with van der Waals surface area (Å²) in [6.45, 7) is 7.61. The molecule has 1 saturated heterocycles. The molecule has 1 radical (unpaired) electrons. The highest BCUT2D eigenvalue weighted by Crippen LogP contribution is 2.13. The van der Waals surface area contributed by atoms with E-state index in [0.29, 0.717) is 12.2 Å². The molecule has 0 N–H and O–H groups in total. The van der Waals surface area contributed by atoms with Crippen LogP contribution in [0.25, 0.3) is 0 Å². The first kappa shape index (κ1) is 9.01. The first-order chi connectivity index (χ1) is 5.36. The Bertz CT molecular complexity index is 95.7. The lowest BCUT2D eigenvalue weighted by Crippen LogP contribution is -2.33. The lowest BCUT2D eigenvalue weighted by atomic mass is 10.2. The second-order valence-corrected chi connectivity index (χ2v) is 2.93. The molecule has 2 unspecified atom stereocenters. The van der Waals surface area contributed by atoms with Gasteiger partial charge in [-0.1, -0.05) is 13.8 Å². The van der Waals surface area contributed by atoms with E-state index < -0.39 is 0 Å². The third-order valence-electron chi connectivity index (χ3n) is 2.09. The Morgan fingerprint density at radius 3 is 2.82 bits per heavy atom. The van der Waals surface area contributed by atoms with Crippen LogP contribution in [-0.4, -0.2) is 25.4 Å². The van der Waals surface area contributed by atoms with E-state index in [2.05, 4.69) is 13.8 Å². The Labute approximate surface area is 68.9 Å². The average Bonchev–Trinajstić information content (AvgIpc) is 1.95. The number of rotatable bonds is 5. The van der Waals surface area contributed by atoms with Crippen LogP contribution in [0.4, 0.5) is 0 Å². The summed E-state index contributed by atoms with van der Waals surface area (Å²) in [6, 6.07) is 0. The molecular weight excluding hydrogens is 140 g/mol. The Balaban J connectivity index is 1.99. The smallest absolute Gasteiger partial charge is 0.0830 e. The zero-order chi connectivity index (χ0) is 8.10. The van der Waals surface area contributed by atoms with Gasteiger partial charge in [0, 0.05) is 6.61 Å². The van der Waals surface area contributed by atoms with Gasteiger partial charge in [0.1, 0.15) is 0 Å². The van der Waals surface area contributed by atoms with Crippen molar-refractivity contribution in [2.45, 2.75) is 38.4 Å². The summed E-state index contributed by atoms with van der Waals surface area (Å²) in [5, 5.41) is 0. The molecule has 0 saturated carbocycles. The maximum atomic E-state index is 5.56. The van der Waals surface area contributed by atoms with E-state index in [0.717, 1.165) is 32.5 Å². The van der Waals surface area contributed by atoms with Crippen molar-refractivity contribution < 1.29 is 9.47 Å². The van der Waals surface area contributed by atoms with Crippen molar-refractivity contribution in [2.24, 2.45) is 0 Å². The molecule has 1 heterocycles. The first-order valence-electron chi connectivity index (χ1n) is 4.39. The van der Waals surface area contributed by atoms with Crippen LogP contribution in [0, 0.1) is 6.92 Å². The summed E-state index contributed by atoms with van der Waals surface area (Å²) in [7, 11) is 0. The predicted octanol–water partition coefficient (Wildman–Crippen LogP) is 1.79. The van der Waals surface area contributed by atoms with Crippen molar-refractivity contribution in [1.82, 2.24) is 0 Å². The van der Waals surface area contributed by atoms with Crippen LogP contribution < -0.4 is 0 Å². The first-order valence-corrected chi connectivity index (χ1v) is 4.39. The zero-order valence-corrected chi connectivity index (χ0v) is 7.21. The predicted molar refractivity (Wildman–Crippen MR) is 44.4 cm³/mol. The Kier molecular flexibility index (Phi) is 3.87. The molecule has 0 aromatic carbocycles. The van der Waals surface area contributed by atoms with Crippen molar-refractivity contribution in [3.8, 4) is 0 Å². The number of ether oxygens (including phenoxy) is 2. The minimum atomic E-state index is 0.333. The number of hydrogen-bond acceptors (Lipinski definition) is 2. The van der Waals surface area contributed by atoms with E-state index in [4.69, 9.17) is 9.47 Å². The Morgan fingerprint density at radius 1 is 1.73 bits per heavy atom. The summed E-state index contributed by atoms with van der Waals surface area (Å²) >= 11 is 0. The molecule has 0 aliphatic carbocycles. The van der Waals surface area contributed by atoms with E-state index in [-0.39, 0.29) is 0 Å². The second kappa shape index (κ2) is 4.73. The molecule has 1 aliphatic rings. The molecule has 11 heavy (non-hydrogen) atoms.